The van der Waals surface area contributed by atoms with Crippen molar-refractivity contribution < 1.29 is 24.0 Å². The van der Waals surface area contributed by atoms with Gasteiger partial charge < -0.3 is 15.4 Å². The van der Waals surface area contributed by atoms with Crippen LogP contribution in [0.3, 0.4) is 0 Å². The molecule has 11 nitrogen and oxygen atoms in total. The van der Waals surface area contributed by atoms with Gasteiger partial charge in [-0.2, -0.15) is 0 Å². The fourth-order valence-electron chi connectivity index (χ4n) is 4.79. The van der Waals surface area contributed by atoms with Gasteiger partial charge in [0.15, 0.2) is 0 Å². The van der Waals surface area contributed by atoms with E-state index in [1.165, 1.54) is 9.96 Å². The third-order valence-electron chi connectivity index (χ3n) is 6.58. The summed E-state index contributed by atoms with van der Waals surface area (Å²) in [6, 6.07) is 4.93. The molecule has 0 saturated carbocycles. The molecule has 1 atom stereocenters. The highest BCUT2D eigenvalue weighted by molar-refractivity contribution is 6.05. The van der Waals surface area contributed by atoms with E-state index in [2.05, 4.69) is 15.0 Å². The zero-order valence-corrected chi connectivity index (χ0v) is 24.3. The van der Waals surface area contributed by atoms with Crippen LogP contribution in [0.1, 0.15) is 76.5 Å². The van der Waals surface area contributed by atoms with E-state index < -0.39 is 23.5 Å². The van der Waals surface area contributed by atoms with E-state index in [0.717, 1.165) is 17.5 Å². The molecule has 2 N–H and O–H groups in total. The second kappa shape index (κ2) is 12.6. The van der Waals surface area contributed by atoms with Crippen LogP contribution in [-0.4, -0.2) is 74.9 Å². The average Bonchev–Trinajstić information content (AvgIpc) is 3.35. The number of hydrogen-bond acceptors (Lipinski definition) is 9. The van der Waals surface area contributed by atoms with E-state index in [0.29, 0.717) is 55.2 Å². The summed E-state index contributed by atoms with van der Waals surface area (Å²) >= 11 is 0. The number of rotatable bonds is 8. The highest BCUT2D eigenvalue weighted by Crippen LogP contribution is 2.32. The van der Waals surface area contributed by atoms with Crippen molar-refractivity contribution in [2.75, 3.05) is 19.7 Å². The van der Waals surface area contributed by atoms with E-state index in [4.69, 9.17) is 15.3 Å². The minimum atomic E-state index is -0.648. The number of carbonyl (C=O) groups is 3. The predicted molar refractivity (Wildman–Crippen MR) is 155 cm³/mol. The molecule has 1 aromatic carbocycles. The third-order valence-corrected chi connectivity index (χ3v) is 6.58. The molecule has 41 heavy (non-hydrogen) atoms. The van der Waals surface area contributed by atoms with E-state index in [1.807, 2.05) is 32.0 Å². The lowest BCUT2D eigenvalue weighted by Gasteiger charge is -2.27. The van der Waals surface area contributed by atoms with Crippen LogP contribution in [-0.2, 0) is 19.2 Å². The lowest BCUT2D eigenvalue weighted by molar-refractivity contribution is -0.180. The van der Waals surface area contributed by atoms with Crippen molar-refractivity contribution in [1.82, 2.24) is 19.9 Å². The first-order valence-corrected chi connectivity index (χ1v) is 14.0. The molecule has 1 fully saturated rings. The molecular formula is C30H38N6O5. The maximum atomic E-state index is 13.2. The van der Waals surface area contributed by atoms with Gasteiger partial charge in [0.05, 0.1) is 12.3 Å². The van der Waals surface area contributed by atoms with Crippen LogP contribution in [0.4, 0.5) is 5.69 Å². The number of aromatic nitrogens is 2. The smallest absolute Gasteiger partial charge is 0.329 e. The van der Waals surface area contributed by atoms with Crippen LogP contribution in [0.15, 0.2) is 41.2 Å². The molecule has 2 aromatic rings. The molecule has 11 heteroatoms. The van der Waals surface area contributed by atoms with Gasteiger partial charge >= 0.3 is 5.97 Å². The molecule has 0 bridgehead atoms. The Bertz CT molecular complexity index is 1360. The van der Waals surface area contributed by atoms with Gasteiger partial charge in [-0.3, -0.25) is 14.4 Å². The van der Waals surface area contributed by atoms with Gasteiger partial charge in [-0.25, -0.2) is 24.8 Å². The lowest BCUT2D eigenvalue weighted by Crippen LogP contribution is -2.44. The summed E-state index contributed by atoms with van der Waals surface area (Å²) < 4.78 is 5.51. The Morgan fingerprint density at radius 2 is 1.85 bits per heavy atom. The Labute approximate surface area is 240 Å². The number of hydroxylamine groups is 2. The highest BCUT2D eigenvalue weighted by Gasteiger charge is 2.38. The monoisotopic (exact) mass is 562 g/mol. The van der Waals surface area contributed by atoms with Gasteiger partial charge in [-0.1, -0.05) is 19.1 Å². The minimum absolute atomic E-state index is 0.0123. The second-order valence-corrected chi connectivity index (χ2v) is 11.0. The zero-order chi connectivity index (χ0) is 29.7. The molecule has 3 heterocycles. The molecule has 0 aliphatic carbocycles. The number of likely N-dealkylation sites (tertiary alicyclic amines) is 1. The number of esters is 1. The quantitative estimate of drug-likeness (QED) is 0.375. The lowest BCUT2D eigenvalue weighted by atomic mass is 10.0. The van der Waals surface area contributed by atoms with Gasteiger partial charge in [0.1, 0.15) is 17.5 Å². The van der Waals surface area contributed by atoms with E-state index in [-0.39, 0.29) is 18.2 Å². The van der Waals surface area contributed by atoms with Crippen LogP contribution in [0.25, 0.3) is 17.2 Å². The summed E-state index contributed by atoms with van der Waals surface area (Å²) in [6.07, 6.45) is 7.15. The normalized spacial score (nSPS) is 16.8. The van der Waals surface area contributed by atoms with Gasteiger partial charge in [0.2, 0.25) is 5.82 Å². The van der Waals surface area contributed by atoms with Crippen molar-refractivity contribution in [2.24, 2.45) is 10.7 Å². The summed E-state index contributed by atoms with van der Waals surface area (Å²) in [6.45, 7) is 10.5. The van der Waals surface area contributed by atoms with Crippen molar-refractivity contribution >= 4 is 35.4 Å². The first-order chi connectivity index (χ1) is 19.5. The molecule has 0 spiro atoms. The van der Waals surface area contributed by atoms with Crippen molar-refractivity contribution in [3.63, 3.8) is 0 Å². The number of amidine groups is 1. The summed E-state index contributed by atoms with van der Waals surface area (Å²) in [5.74, 6) is -0.728. The van der Waals surface area contributed by atoms with Gasteiger partial charge in [0, 0.05) is 48.6 Å². The van der Waals surface area contributed by atoms with Crippen molar-refractivity contribution in [3.8, 4) is 11.1 Å². The fraction of sp³-hybridized carbons (Fsp3) is 0.467. The second-order valence-electron chi connectivity index (χ2n) is 11.0. The number of ether oxygens (including phenoxy) is 1. The Kier molecular flexibility index (Phi) is 9.17. The number of nitrogens with two attached hydrogens (primary N) is 1. The number of aliphatic imine (C=N–C) groups is 1. The van der Waals surface area contributed by atoms with Crippen LogP contribution in [0.2, 0.25) is 0 Å². The van der Waals surface area contributed by atoms with Crippen LogP contribution in [0.5, 0.6) is 0 Å². The fourth-order valence-corrected chi connectivity index (χ4v) is 4.79. The zero-order valence-electron chi connectivity index (χ0n) is 24.3. The number of benzene rings is 1. The highest BCUT2D eigenvalue weighted by atomic mass is 16.7. The maximum Gasteiger partial charge on any atom is 0.329 e. The molecule has 2 amide bonds. The third kappa shape index (κ3) is 7.15. The van der Waals surface area contributed by atoms with Gasteiger partial charge in [0.25, 0.3) is 11.8 Å². The SMILES string of the molecule is CCCN(OCC)C(=O)C1=Cc2ccc(-c3cnc(C(=O)N4CCC[C@@H]4C(=O)OC(C)(C)C)nc3)cc2N=C(N)C1. The Hall–Kier alpha value is -4.12. The number of carbonyl (C=O) groups excluding carboxylic acids is 3. The first-order valence-electron chi connectivity index (χ1n) is 14.0. The largest absolute Gasteiger partial charge is 0.458 e. The Morgan fingerprint density at radius 1 is 1.12 bits per heavy atom. The number of fused-ring (bicyclic) bond motifs is 1. The predicted octanol–water partition coefficient (Wildman–Crippen LogP) is 4.06. The van der Waals surface area contributed by atoms with Crippen LogP contribution >= 0.6 is 0 Å². The summed E-state index contributed by atoms with van der Waals surface area (Å²) in [5, 5.41) is 1.37. The number of amides is 2. The molecule has 218 valence electrons. The summed E-state index contributed by atoms with van der Waals surface area (Å²) in [4.78, 5) is 59.1. The standard InChI is InChI=1S/C30H38N6O5/c1-6-12-36(40-7-2)27(37)21-14-20-11-10-19(15-23(20)34-25(31)16-21)22-17-32-26(33-18-22)28(38)35-13-8-9-24(35)29(39)41-30(3,4)5/h10-11,14-15,17-18,24H,6-9,12-13,16H2,1-5H3,(H2,31,34)/t24-/m1/s1. The molecule has 1 saturated heterocycles. The molecule has 4 rings (SSSR count). The topological polar surface area (TPSA) is 140 Å². The van der Waals surface area contributed by atoms with Gasteiger partial charge in [-0.05, 0) is 64.7 Å². The van der Waals surface area contributed by atoms with E-state index in [9.17, 15) is 14.4 Å². The summed E-state index contributed by atoms with van der Waals surface area (Å²) in [5.41, 5.74) is 8.87. The van der Waals surface area contributed by atoms with Crippen molar-refractivity contribution in [2.45, 2.75) is 71.9 Å². The Balaban J connectivity index is 1.54. The minimum Gasteiger partial charge on any atom is -0.458 e. The summed E-state index contributed by atoms with van der Waals surface area (Å²) in [7, 11) is 0. The Morgan fingerprint density at radius 3 is 2.51 bits per heavy atom. The van der Waals surface area contributed by atoms with Gasteiger partial charge in [-0.15, -0.1) is 0 Å². The van der Waals surface area contributed by atoms with Crippen LogP contribution < -0.4 is 5.73 Å². The maximum absolute atomic E-state index is 13.2. The molecule has 2 aliphatic heterocycles. The molecule has 2 aliphatic rings. The van der Waals surface area contributed by atoms with Crippen LogP contribution in [0, 0.1) is 0 Å². The van der Waals surface area contributed by atoms with E-state index >= 15 is 0 Å². The average molecular weight is 563 g/mol. The molecular weight excluding hydrogens is 524 g/mol. The number of hydrogen-bond donors (Lipinski definition) is 1. The molecule has 0 radical (unpaired) electrons. The van der Waals surface area contributed by atoms with Crippen molar-refractivity contribution in [3.05, 3.63) is 47.6 Å². The van der Waals surface area contributed by atoms with Crippen molar-refractivity contribution in [1.29, 1.82) is 0 Å². The number of nitrogens with zero attached hydrogens (tertiary/aromatic N) is 5. The van der Waals surface area contributed by atoms with E-state index in [1.54, 1.807) is 39.2 Å². The molecule has 1 aromatic heterocycles. The first kappa shape index (κ1) is 29.9. The molecule has 0 unspecified atom stereocenters.